The first-order valence-corrected chi connectivity index (χ1v) is 9.77. The van der Waals surface area contributed by atoms with E-state index in [1.807, 2.05) is 36.2 Å². The highest BCUT2D eigenvalue weighted by atomic mass is 16.5. The van der Waals surface area contributed by atoms with Crippen LogP contribution in [0.3, 0.4) is 0 Å². The molecule has 1 aliphatic carbocycles. The van der Waals surface area contributed by atoms with Crippen LogP contribution in [0, 0.1) is 0 Å². The zero-order chi connectivity index (χ0) is 19.2. The number of aryl methyl sites for hydroxylation is 2. The van der Waals surface area contributed by atoms with Crippen molar-refractivity contribution in [3.05, 3.63) is 64.7 Å². The van der Waals surface area contributed by atoms with Gasteiger partial charge in [-0.1, -0.05) is 30.3 Å². The van der Waals surface area contributed by atoms with E-state index in [9.17, 15) is 4.79 Å². The Morgan fingerprint density at radius 1 is 1.11 bits per heavy atom. The van der Waals surface area contributed by atoms with Crippen molar-refractivity contribution in [2.24, 2.45) is 0 Å². The number of fused-ring (bicyclic) bond motifs is 1. The molecule has 1 atom stereocenters. The Morgan fingerprint density at radius 3 is 2.52 bits per heavy atom. The van der Waals surface area contributed by atoms with Crippen molar-refractivity contribution in [2.45, 2.75) is 45.2 Å². The highest BCUT2D eigenvalue weighted by molar-refractivity contribution is 5.78. The Morgan fingerprint density at radius 2 is 1.81 bits per heavy atom. The molecule has 2 aromatic rings. The van der Waals surface area contributed by atoms with Gasteiger partial charge in [-0.05, 0) is 74.0 Å². The van der Waals surface area contributed by atoms with Crippen molar-refractivity contribution in [3.8, 4) is 5.75 Å². The van der Waals surface area contributed by atoms with Gasteiger partial charge in [0.15, 0.2) is 0 Å². The minimum Gasteiger partial charge on any atom is -0.497 e. The smallest absolute Gasteiger partial charge is 0.234 e. The van der Waals surface area contributed by atoms with Crippen LogP contribution in [0.5, 0.6) is 5.75 Å². The molecule has 1 amide bonds. The first kappa shape index (κ1) is 19.4. The molecule has 2 aromatic carbocycles. The Kier molecular flexibility index (Phi) is 6.51. The molecule has 0 aliphatic heterocycles. The second kappa shape index (κ2) is 9.05. The average molecular weight is 367 g/mol. The summed E-state index contributed by atoms with van der Waals surface area (Å²) in [7, 11) is 3.63. The summed E-state index contributed by atoms with van der Waals surface area (Å²) in [5.41, 5.74) is 5.29. The molecule has 27 heavy (non-hydrogen) atoms. The Hall–Kier alpha value is -2.33. The third-order valence-electron chi connectivity index (χ3n) is 5.28. The van der Waals surface area contributed by atoms with Crippen LogP contribution in [0.2, 0.25) is 0 Å². The van der Waals surface area contributed by atoms with Gasteiger partial charge in [-0.3, -0.25) is 9.69 Å². The maximum Gasteiger partial charge on any atom is 0.234 e. The van der Waals surface area contributed by atoms with Gasteiger partial charge in [0.1, 0.15) is 5.75 Å². The van der Waals surface area contributed by atoms with Gasteiger partial charge in [0.2, 0.25) is 5.91 Å². The number of hydrogen-bond donors (Lipinski definition) is 1. The first-order chi connectivity index (χ1) is 13.0. The number of rotatable bonds is 7. The lowest BCUT2D eigenvalue weighted by Crippen LogP contribution is -2.36. The van der Waals surface area contributed by atoms with Crippen LogP contribution in [0.4, 0.5) is 0 Å². The van der Waals surface area contributed by atoms with E-state index in [1.165, 1.54) is 36.0 Å². The second-order valence-electron chi connectivity index (χ2n) is 7.54. The van der Waals surface area contributed by atoms with E-state index in [-0.39, 0.29) is 11.9 Å². The molecule has 1 N–H and O–H groups in total. The highest BCUT2D eigenvalue weighted by Gasteiger charge is 2.15. The summed E-state index contributed by atoms with van der Waals surface area (Å²) in [6, 6.07) is 14.7. The number of hydrogen-bond acceptors (Lipinski definition) is 3. The Balaban J connectivity index is 1.51. The SMILES string of the molecule is COc1ccc(CN(C)CC(=O)NC(C)c2ccc3c(c2)CCCC3)cc1. The fourth-order valence-electron chi connectivity index (χ4n) is 3.74. The molecule has 3 rings (SSSR count). The molecule has 0 spiro atoms. The topological polar surface area (TPSA) is 41.6 Å². The number of amides is 1. The normalized spacial score (nSPS) is 14.5. The van der Waals surface area contributed by atoms with Gasteiger partial charge in [0.25, 0.3) is 0 Å². The van der Waals surface area contributed by atoms with Gasteiger partial charge < -0.3 is 10.1 Å². The van der Waals surface area contributed by atoms with E-state index in [4.69, 9.17) is 4.74 Å². The summed E-state index contributed by atoms with van der Waals surface area (Å²) >= 11 is 0. The summed E-state index contributed by atoms with van der Waals surface area (Å²) in [5, 5.41) is 3.14. The number of carbonyl (C=O) groups excluding carboxylic acids is 1. The van der Waals surface area contributed by atoms with E-state index in [0.717, 1.165) is 24.3 Å². The van der Waals surface area contributed by atoms with Gasteiger partial charge in [-0.25, -0.2) is 0 Å². The maximum absolute atomic E-state index is 12.4. The molecule has 0 saturated carbocycles. The van der Waals surface area contributed by atoms with Gasteiger partial charge in [0, 0.05) is 6.54 Å². The van der Waals surface area contributed by atoms with Crippen molar-refractivity contribution in [3.63, 3.8) is 0 Å². The summed E-state index contributed by atoms with van der Waals surface area (Å²) in [5.74, 6) is 0.897. The van der Waals surface area contributed by atoms with Crippen LogP contribution in [-0.2, 0) is 24.2 Å². The lowest BCUT2D eigenvalue weighted by Gasteiger charge is -2.21. The molecule has 4 heteroatoms. The van der Waals surface area contributed by atoms with E-state index in [0.29, 0.717) is 6.54 Å². The molecular formula is C23H30N2O2. The molecule has 1 aliphatic rings. The van der Waals surface area contributed by atoms with Gasteiger partial charge in [-0.15, -0.1) is 0 Å². The van der Waals surface area contributed by atoms with Crippen LogP contribution in [0.25, 0.3) is 0 Å². The minimum atomic E-state index is 0.0270. The fourth-order valence-corrected chi connectivity index (χ4v) is 3.74. The lowest BCUT2D eigenvalue weighted by atomic mass is 9.89. The van der Waals surface area contributed by atoms with E-state index in [1.54, 1.807) is 7.11 Å². The van der Waals surface area contributed by atoms with E-state index >= 15 is 0 Å². The van der Waals surface area contributed by atoms with Crippen molar-refractivity contribution >= 4 is 5.91 Å². The van der Waals surface area contributed by atoms with Crippen LogP contribution >= 0.6 is 0 Å². The largest absolute Gasteiger partial charge is 0.497 e. The van der Waals surface area contributed by atoms with Crippen molar-refractivity contribution in [1.82, 2.24) is 10.2 Å². The second-order valence-corrected chi connectivity index (χ2v) is 7.54. The molecular weight excluding hydrogens is 336 g/mol. The first-order valence-electron chi connectivity index (χ1n) is 9.77. The number of methoxy groups -OCH3 is 1. The van der Waals surface area contributed by atoms with Gasteiger partial charge in [0.05, 0.1) is 19.7 Å². The number of likely N-dealkylation sites (N-methyl/N-ethyl adjacent to an activating group) is 1. The highest BCUT2D eigenvalue weighted by Crippen LogP contribution is 2.24. The van der Waals surface area contributed by atoms with E-state index < -0.39 is 0 Å². The third-order valence-corrected chi connectivity index (χ3v) is 5.28. The lowest BCUT2D eigenvalue weighted by molar-refractivity contribution is -0.122. The molecule has 1 unspecified atom stereocenters. The Bertz CT molecular complexity index is 770. The number of ether oxygens (including phenoxy) is 1. The summed E-state index contributed by atoms with van der Waals surface area (Å²) in [6.45, 7) is 3.16. The standard InChI is InChI=1S/C23H30N2O2/c1-17(20-11-10-19-6-4-5-7-21(19)14-20)24-23(26)16-25(2)15-18-8-12-22(27-3)13-9-18/h8-14,17H,4-7,15-16H2,1-3H3,(H,24,26). The molecule has 0 saturated heterocycles. The minimum absolute atomic E-state index is 0.0270. The van der Waals surface area contributed by atoms with Crippen molar-refractivity contribution in [2.75, 3.05) is 20.7 Å². The number of nitrogens with zero attached hydrogens (tertiary/aromatic N) is 1. The van der Waals surface area contributed by atoms with Crippen LogP contribution in [0.15, 0.2) is 42.5 Å². The van der Waals surface area contributed by atoms with Crippen molar-refractivity contribution in [1.29, 1.82) is 0 Å². The maximum atomic E-state index is 12.4. The number of carbonyl (C=O) groups is 1. The predicted molar refractivity (Wildman–Crippen MR) is 109 cm³/mol. The molecule has 0 heterocycles. The third kappa shape index (κ3) is 5.33. The van der Waals surface area contributed by atoms with E-state index in [2.05, 4.69) is 30.4 Å². The average Bonchev–Trinajstić information content (AvgIpc) is 2.68. The molecule has 144 valence electrons. The summed E-state index contributed by atoms with van der Waals surface area (Å²) in [4.78, 5) is 14.5. The van der Waals surface area contributed by atoms with Crippen LogP contribution in [-0.4, -0.2) is 31.5 Å². The molecule has 0 aromatic heterocycles. The zero-order valence-electron chi connectivity index (χ0n) is 16.6. The predicted octanol–water partition coefficient (Wildman–Crippen LogP) is 3.88. The summed E-state index contributed by atoms with van der Waals surface area (Å²) < 4.78 is 5.18. The van der Waals surface area contributed by atoms with Crippen LogP contribution in [0.1, 0.15) is 48.1 Å². The molecule has 0 bridgehead atoms. The molecule has 0 radical (unpaired) electrons. The fraction of sp³-hybridized carbons (Fsp3) is 0.435. The summed E-state index contributed by atoms with van der Waals surface area (Å²) in [6.07, 6.45) is 4.91. The van der Waals surface area contributed by atoms with Gasteiger partial charge >= 0.3 is 0 Å². The van der Waals surface area contributed by atoms with Gasteiger partial charge in [-0.2, -0.15) is 0 Å². The number of nitrogens with one attached hydrogen (secondary N) is 1. The molecule has 4 nitrogen and oxygen atoms in total. The zero-order valence-corrected chi connectivity index (χ0v) is 16.6. The molecule has 0 fully saturated rings. The monoisotopic (exact) mass is 366 g/mol. The van der Waals surface area contributed by atoms with Crippen molar-refractivity contribution < 1.29 is 9.53 Å². The number of benzene rings is 2. The Labute approximate surface area is 162 Å². The van der Waals surface area contributed by atoms with Crippen LogP contribution < -0.4 is 10.1 Å². The quantitative estimate of drug-likeness (QED) is 0.808.